The Labute approximate surface area is 188 Å². The number of para-hydroxylation sites is 1. The van der Waals surface area contributed by atoms with E-state index in [1.165, 1.54) is 6.08 Å². The van der Waals surface area contributed by atoms with E-state index in [4.69, 9.17) is 11.2 Å². The van der Waals surface area contributed by atoms with Crippen molar-refractivity contribution in [2.75, 3.05) is 18.5 Å². The van der Waals surface area contributed by atoms with Gasteiger partial charge in [0, 0.05) is 5.69 Å². The molecule has 8 heteroatoms. The predicted molar refractivity (Wildman–Crippen MR) is 121 cm³/mol. The van der Waals surface area contributed by atoms with E-state index in [9.17, 15) is 14.4 Å². The summed E-state index contributed by atoms with van der Waals surface area (Å²) in [6.45, 7) is 1.72. The summed E-state index contributed by atoms with van der Waals surface area (Å²) >= 11 is 3.38. The molecule has 158 valence electrons. The van der Waals surface area contributed by atoms with Gasteiger partial charge < -0.3 is 15.4 Å². The fourth-order valence-corrected chi connectivity index (χ4v) is 3.52. The molecular weight excluding hydrogens is 462 g/mol. The number of nitrogens with zero attached hydrogens (tertiary/aromatic N) is 1. The summed E-state index contributed by atoms with van der Waals surface area (Å²) < 4.78 is 6.03. The van der Waals surface area contributed by atoms with Gasteiger partial charge in [0.1, 0.15) is 24.6 Å². The van der Waals surface area contributed by atoms with Gasteiger partial charge in [0.05, 0.1) is 4.47 Å². The number of hydrogen-bond acceptors (Lipinski definition) is 4. The summed E-state index contributed by atoms with van der Waals surface area (Å²) in [6.07, 6.45) is 7.46. The summed E-state index contributed by atoms with van der Waals surface area (Å²) in [5.41, 5.74) is 2.37. The fraction of sp³-hybridized carbons (Fsp3) is 0.174. The van der Waals surface area contributed by atoms with E-state index < -0.39 is 17.8 Å². The number of anilines is 1. The Morgan fingerprint density at radius 3 is 2.77 bits per heavy atom. The summed E-state index contributed by atoms with van der Waals surface area (Å²) in [4.78, 5) is 38.2. The second-order valence-corrected chi connectivity index (χ2v) is 7.48. The number of rotatable bonds is 7. The van der Waals surface area contributed by atoms with E-state index >= 15 is 0 Å². The molecule has 0 bridgehead atoms. The Bertz CT molecular complexity index is 1100. The van der Waals surface area contributed by atoms with Gasteiger partial charge in [0.15, 0.2) is 0 Å². The minimum absolute atomic E-state index is 0.0796. The van der Waals surface area contributed by atoms with Crippen molar-refractivity contribution in [2.24, 2.45) is 0 Å². The first kappa shape index (κ1) is 22.1. The van der Waals surface area contributed by atoms with Gasteiger partial charge in [0.2, 0.25) is 5.91 Å². The zero-order valence-corrected chi connectivity index (χ0v) is 18.4. The second kappa shape index (κ2) is 9.96. The molecule has 3 rings (SSSR count). The molecule has 0 aromatic heterocycles. The van der Waals surface area contributed by atoms with Crippen molar-refractivity contribution >= 4 is 45.5 Å². The van der Waals surface area contributed by atoms with Crippen LogP contribution in [0, 0.1) is 12.3 Å². The van der Waals surface area contributed by atoms with Crippen molar-refractivity contribution in [1.82, 2.24) is 10.2 Å². The number of halogens is 1. The third kappa shape index (κ3) is 5.32. The molecule has 1 aliphatic heterocycles. The average molecular weight is 482 g/mol. The van der Waals surface area contributed by atoms with Gasteiger partial charge in [-0.2, -0.15) is 0 Å². The van der Waals surface area contributed by atoms with Crippen LogP contribution < -0.4 is 15.4 Å². The number of benzene rings is 2. The number of nitrogens with one attached hydrogen (secondary N) is 2. The Morgan fingerprint density at radius 1 is 1.29 bits per heavy atom. The van der Waals surface area contributed by atoms with Crippen LogP contribution in [0.15, 0.2) is 52.6 Å². The van der Waals surface area contributed by atoms with Crippen LogP contribution in [0.5, 0.6) is 5.75 Å². The maximum atomic E-state index is 12.7. The highest BCUT2D eigenvalue weighted by atomic mass is 79.9. The van der Waals surface area contributed by atoms with Crippen molar-refractivity contribution in [1.29, 1.82) is 0 Å². The highest BCUT2D eigenvalue weighted by Gasteiger charge is 2.35. The molecule has 0 unspecified atom stereocenters. The van der Waals surface area contributed by atoms with Gasteiger partial charge in [-0.3, -0.25) is 9.59 Å². The number of amides is 4. The third-order valence-electron chi connectivity index (χ3n) is 4.51. The Kier molecular flexibility index (Phi) is 7.11. The van der Waals surface area contributed by atoms with Gasteiger partial charge in [-0.15, -0.1) is 6.42 Å². The number of imide groups is 1. The second-order valence-electron chi connectivity index (χ2n) is 6.62. The summed E-state index contributed by atoms with van der Waals surface area (Å²) in [5, 5.41) is 5.27. The van der Waals surface area contributed by atoms with Crippen LogP contribution in [0.1, 0.15) is 18.1 Å². The van der Waals surface area contributed by atoms with E-state index in [1.54, 1.807) is 24.3 Å². The van der Waals surface area contributed by atoms with Gasteiger partial charge in [-0.1, -0.05) is 37.1 Å². The Hall–Kier alpha value is -3.57. The van der Waals surface area contributed by atoms with Crippen LogP contribution >= 0.6 is 15.9 Å². The summed E-state index contributed by atoms with van der Waals surface area (Å²) in [5.74, 6) is 1.92. The smallest absolute Gasteiger partial charge is 0.329 e. The lowest BCUT2D eigenvalue weighted by Gasteiger charge is -2.13. The Morgan fingerprint density at radius 2 is 2.06 bits per heavy atom. The van der Waals surface area contributed by atoms with E-state index in [0.717, 1.165) is 16.9 Å². The quantitative estimate of drug-likeness (QED) is 0.359. The minimum Gasteiger partial charge on any atom is -0.480 e. The van der Waals surface area contributed by atoms with Crippen molar-refractivity contribution in [2.45, 2.75) is 13.3 Å². The number of carbonyl (C=O) groups excluding carboxylic acids is 3. The molecule has 0 atom stereocenters. The zero-order valence-electron chi connectivity index (χ0n) is 16.8. The molecule has 31 heavy (non-hydrogen) atoms. The van der Waals surface area contributed by atoms with E-state index in [-0.39, 0.29) is 18.8 Å². The van der Waals surface area contributed by atoms with Gasteiger partial charge in [-0.05, 0) is 57.8 Å². The zero-order chi connectivity index (χ0) is 22.4. The monoisotopic (exact) mass is 481 g/mol. The minimum atomic E-state index is -0.650. The standard InChI is InChI=1S/C23H20BrN3O4/c1-3-11-31-20-10-9-15(12-17(20)24)13-19-22(29)27(23(30)26-19)14-21(28)25-18-8-6-5-7-16(18)4-2/h1,5-10,12-13H,4,11,14H2,2H3,(H,25,28)(H,26,30)/b19-13+. The highest BCUT2D eigenvalue weighted by molar-refractivity contribution is 9.10. The van der Waals surface area contributed by atoms with Crippen LogP contribution in [0.25, 0.3) is 6.08 Å². The molecule has 2 aromatic rings. The molecular formula is C23H20BrN3O4. The first-order chi connectivity index (χ1) is 14.9. The molecule has 0 radical (unpaired) electrons. The molecule has 1 aliphatic rings. The first-order valence-corrected chi connectivity index (χ1v) is 10.3. The van der Waals surface area contributed by atoms with Crippen LogP contribution in [0.4, 0.5) is 10.5 Å². The molecule has 2 N–H and O–H groups in total. The van der Waals surface area contributed by atoms with Crippen LogP contribution in [-0.4, -0.2) is 35.9 Å². The maximum Gasteiger partial charge on any atom is 0.329 e. The average Bonchev–Trinajstić information content (AvgIpc) is 3.01. The third-order valence-corrected chi connectivity index (χ3v) is 5.13. The van der Waals surface area contributed by atoms with Crippen molar-refractivity contribution in [3.63, 3.8) is 0 Å². The molecule has 2 aromatic carbocycles. The summed E-state index contributed by atoms with van der Waals surface area (Å²) in [7, 11) is 0. The molecule has 1 heterocycles. The topological polar surface area (TPSA) is 87.7 Å². The molecule has 4 amide bonds. The normalized spacial score (nSPS) is 14.4. The SMILES string of the molecule is C#CCOc1ccc(/C=C2/NC(=O)N(CC(=O)Nc3ccccc3CC)C2=O)cc1Br. The van der Waals surface area contributed by atoms with E-state index in [1.807, 2.05) is 25.1 Å². The van der Waals surface area contributed by atoms with Crippen LogP contribution in [-0.2, 0) is 16.0 Å². The van der Waals surface area contributed by atoms with E-state index in [2.05, 4.69) is 32.5 Å². The molecule has 0 spiro atoms. The lowest BCUT2D eigenvalue weighted by molar-refractivity contribution is -0.127. The van der Waals surface area contributed by atoms with Crippen molar-refractivity contribution in [3.05, 3.63) is 63.8 Å². The molecule has 0 saturated carbocycles. The lowest BCUT2D eigenvalue weighted by atomic mass is 10.1. The fourth-order valence-electron chi connectivity index (χ4n) is 3.01. The van der Waals surface area contributed by atoms with Gasteiger partial charge >= 0.3 is 6.03 Å². The first-order valence-electron chi connectivity index (χ1n) is 9.51. The number of carbonyl (C=O) groups is 3. The van der Waals surface area contributed by atoms with Crippen molar-refractivity contribution < 1.29 is 19.1 Å². The summed E-state index contributed by atoms with van der Waals surface area (Å²) in [6, 6.07) is 11.9. The molecule has 1 saturated heterocycles. The van der Waals surface area contributed by atoms with Crippen molar-refractivity contribution in [3.8, 4) is 18.1 Å². The number of terminal acetylenes is 1. The number of aryl methyl sites for hydroxylation is 1. The van der Waals surface area contributed by atoms with Gasteiger partial charge in [0.25, 0.3) is 5.91 Å². The lowest BCUT2D eigenvalue weighted by Crippen LogP contribution is -2.38. The predicted octanol–water partition coefficient (Wildman–Crippen LogP) is 3.55. The van der Waals surface area contributed by atoms with Crippen LogP contribution in [0.3, 0.4) is 0 Å². The highest BCUT2D eigenvalue weighted by Crippen LogP contribution is 2.27. The van der Waals surface area contributed by atoms with E-state index in [0.29, 0.717) is 21.5 Å². The van der Waals surface area contributed by atoms with Crippen LogP contribution in [0.2, 0.25) is 0 Å². The Balaban J connectivity index is 1.70. The molecule has 0 aliphatic carbocycles. The maximum absolute atomic E-state index is 12.7. The number of ether oxygens (including phenoxy) is 1. The molecule has 7 nitrogen and oxygen atoms in total. The number of urea groups is 1. The number of hydrogen-bond donors (Lipinski definition) is 2. The molecule has 1 fully saturated rings. The largest absolute Gasteiger partial charge is 0.480 e. The van der Waals surface area contributed by atoms with Gasteiger partial charge in [-0.25, -0.2) is 9.69 Å².